The third-order valence-electron chi connectivity index (χ3n) is 2.34. The second-order valence-corrected chi connectivity index (χ2v) is 3.89. The summed E-state index contributed by atoms with van der Waals surface area (Å²) in [5, 5.41) is 8.44. The molecule has 0 atom stereocenters. The van der Waals surface area contributed by atoms with E-state index >= 15 is 0 Å². The maximum Gasteiger partial charge on any atom is 0.303 e. The molecule has 3 heteroatoms. The molecule has 0 aromatic rings. The molecule has 3 nitrogen and oxygen atoms in total. The van der Waals surface area contributed by atoms with E-state index in [-0.39, 0.29) is 0 Å². The summed E-state index contributed by atoms with van der Waals surface area (Å²) in [6.07, 6.45) is 11.7. The summed E-state index contributed by atoms with van der Waals surface area (Å²) in [4.78, 5) is 14.4. The van der Waals surface area contributed by atoms with Crippen LogP contribution < -0.4 is 0 Å². The summed E-state index contributed by atoms with van der Waals surface area (Å²) in [6.45, 7) is 4.31. The van der Waals surface area contributed by atoms with Gasteiger partial charge in [0.2, 0.25) is 0 Å². The number of hydrogen-bond donors (Lipinski definition) is 1. The highest BCUT2D eigenvalue weighted by Gasteiger charge is 1.95. The lowest BCUT2D eigenvalue weighted by Crippen LogP contribution is -1.93. The molecule has 0 aliphatic heterocycles. The third kappa shape index (κ3) is 12.9. The van der Waals surface area contributed by atoms with E-state index in [2.05, 4.69) is 11.6 Å². The number of carboxylic acids is 1. The molecular formula is C13H23NO2. The molecule has 0 aromatic carbocycles. The van der Waals surface area contributed by atoms with Crippen molar-refractivity contribution < 1.29 is 9.90 Å². The standard InChI is InChI=1S/C13H23NO2/c1-2-11-14-12-9-7-5-3-4-6-8-10-13(15)16/h2,12H,1,3-11H2,(H,15,16). The summed E-state index contributed by atoms with van der Waals surface area (Å²) < 4.78 is 0. The molecule has 0 aromatic heterocycles. The average Bonchev–Trinajstić information content (AvgIpc) is 2.25. The van der Waals surface area contributed by atoms with Crippen molar-refractivity contribution in [3.63, 3.8) is 0 Å². The van der Waals surface area contributed by atoms with Gasteiger partial charge in [0.1, 0.15) is 0 Å². The second-order valence-electron chi connectivity index (χ2n) is 3.89. The highest BCUT2D eigenvalue weighted by atomic mass is 16.4. The number of nitrogens with zero attached hydrogens (tertiary/aromatic N) is 1. The minimum Gasteiger partial charge on any atom is -0.481 e. The lowest BCUT2D eigenvalue weighted by Gasteiger charge is -1.98. The van der Waals surface area contributed by atoms with Crippen LogP contribution in [0.1, 0.15) is 51.4 Å². The maximum absolute atomic E-state index is 10.2. The fraction of sp³-hybridized carbons (Fsp3) is 0.692. The first-order valence-corrected chi connectivity index (χ1v) is 6.08. The van der Waals surface area contributed by atoms with Crippen LogP contribution in [0.5, 0.6) is 0 Å². The van der Waals surface area contributed by atoms with Crippen molar-refractivity contribution in [3.05, 3.63) is 12.7 Å². The number of carboxylic acid groups (broad SMARTS) is 1. The molecule has 0 fully saturated rings. The molecule has 92 valence electrons. The largest absolute Gasteiger partial charge is 0.481 e. The Balaban J connectivity index is 3.04. The monoisotopic (exact) mass is 225 g/mol. The highest BCUT2D eigenvalue weighted by molar-refractivity contribution is 5.66. The molecule has 0 unspecified atom stereocenters. The van der Waals surface area contributed by atoms with Crippen LogP contribution in [0.15, 0.2) is 17.6 Å². The van der Waals surface area contributed by atoms with Crippen LogP contribution in [0.3, 0.4) is 0 Å². The van der Waals surface area contributed by atoms with Gasteiger partial charge in [-0.2, -0.15) is 0 Å². The van der Waals surface area contributed by atoms with Crippen molar-refractivity contribution >= 4 is 12.2 Å². The van der Waals surface area contributed by atoms with Gasteiger partial charge in [-0.15, -0.1) is 6.58 Å². The lowest BCUT2D eigenvalue weighted by molar-refractivity contribution is -0.137. The molecule has 0 saturated heterocycles. The zero-order valence-corrected chi connectivity index (χ0v) is 10.0. The summed E-state index contributed by atoms with van der Waals surface area (Å²) in [5.41, 5.74) is 0. The Bertz CT molecular complexity index is 212. The van der Waals surface area contributed by atoms with Crippen LogP contribution >= 0.6 is 0 Å². The zero-order chi connectivity index (χ0) is 12.1. The van der Waals surface area contributed by atoms with E-state index in [1.165, 1.54) is 19.3 Å². The molecule has 1 N–H and O–H groups in total. The molecule has 0 aliphatic carbocycles. The van der Waals surface area contributed by atoms with Gasteiger partial charge in [-0.1, -0.05) is 31.8 Å². The van der Waals surface area contributed by atoms with Gasteiger partial charge < -0.3 is 5.11 Å². The van der Waals surface area contributed by atoms with E-state index in [1.54, 1.807) is 6.08 Å². The predicted octanol–water partition coefficient (Wildman–Crippen LogP) is 3.45. The molecule has 0 radical (unpaired) electrons. The Morgan fingerprint density at radius 3 is 2.38 bits per heavy atom. The Hall–Kier alpha value is -1.12. The number of aliphatic imine (C=N–C) groups is 1. The quantitative estimate of drug-likeness (QED) is 0.332. The predicted molar refractivity (Wildman–Crippen MR) is 68.1 cm³/mol. The van der Waals surface area contributed by atoms with Gasteiger partial charge in [0.05, 0.1) is 6.54 Å². The van der Waals surface area contributed by atoms with Gasteiger partial charge in [-0.25, -0.2) is 0 Å². The molecule has 0 spiro atoms. The first-order valence-electron chi connectivity index (χ1n) is 6.08. The van der Waals surface area contributed by atoms with Crippen LogP contribution in [-0.2, 0) is 4.79 Å². The smallest absolute Gasteiger partial charge is 0.303 e. The van der Waals surface area contributed by atoms with Gasteiger partial charge in [0.25, 0.3) is 0 Å². The van der Waals surface area contributed by atoms with Crippen LogP contribution in [0, 0.1) is 0 Å². The molecular weight excluding hydrogens is 202 g/mol. The number of aliphatic carboxylic acids is 1. The van der Waals surface area contributed by atoms with Crippen molar-refractivity contribution in [3.8, 4) is 0 Å². The summed E-state index contributed by atoms with van der Waals surface area (Å²) in [5.74, 6) is -0.682. The van der Waals surface area contributed by atoms with E-state index in [0.717, 1.165) is 32.2 Å². The maximum atomic E-state index is 10.2. The fourth-order valence-electron chi connectivity index (χ4n) is 1.46. The van der Waals surface area contributed by atoms with Crippen LogP contribution in [-0.4, -0.2) is 23.8 Å². The fourth-order valence-corrected chi connectivity index (χ4v) is 1.46. The van der Waals surface area contributed by atoms with Gasteiger partial charge >= 0.3 is 5.97 Å². The topological polar surface area (TPSA) is 49.7 Å². The summed E-state index contributed by atoms with van der Waals surface area (Å²) >= 11 is 0. The number of hydrogen-bond acceptors (Lipinski definition) is 2. The third-order valence-corrected chi connectivity index (χ3v) is 2.34. The number of rotatable bonds is 11. The van der Waals surface area contributed by atoms with Gasteiger partial charge in [-0.3, -0.25) is 9.79 Å². The van der Waals surface area contributed by atoms with Crippen LogP contribution in [0.4, 0.5) is 0 Å². The van der Waals surface area contributed by atoms with Crippen molar-refractivity contribution in [2.75, 3.05) is 6.54 Å². The normalized spacial score (nSPS) is 10.8. The number of carbonyl (C=O) groups is 1. The van der Waals surface area contributed by atoms with Crippen LogP contribution in [0.25, 0.3) is 0 Å². The van der Waals surface area contributed by atoms with Gasteiger partial charge in [0, 0.05) is 6.42 Å². The van der Waals surface area contributed by atoms with E-state index in [9.17, 15) is 4.79 Å². The number of unbranched alkanes of at least 4 members (excludes halogenated alkanes) is 6. The average molecular weight is 225 g/mol. The van der Waals surface area contributed by atoms with E-state index in [4.69, 9.17) is 5.11 Å². The first-order chi connectivity index (χ1) is 7.77. The van der Waals surface area contributed by atoms with Gasteiger partial charge in [0.15, 0.2) is 0 Å². The molecule has 0 bridgehead atoms. The van der Waals surface area contributed by atoms with E-state index in [0.29, 0.717) is 6.42 Å². The minimum absolute atomic E-state index is 0.314. The highest BCUT2D eigenvalue weighted by Crippen LogP contribution is 2.07. The van der Waals surface area contributed by atoms with Crippen molar-refractivity contribution in [2.45, 2.75) is 51.4 Å². The Morgan fingerprint density at radius 1 is 1.12 bits per heavy atom. The Labute approximate surface area is 98.3 Å². The zero-order valence-electron chi connectivity index (χ0n) is 10.0. The summed E-state index contributed by atoms with van der Waals surface area (Å²) in [6, 6.07) is 0. The Morgan fingerprint density at radius 2 is 1.75 bits per heavy atom. The first kappa shape index (κ1) is 14.9. The van der Waals surface area contributed by atoms with Gasteiger partial charge in [-0.05, 0) is 25.5 Å². The minimum atomic E-state index is -0.682. The van der Waals surface area contributed by atoms with Crippen molar-refractivity contribution in [1.82, 2.24) is 0 Å². The van der Waals surface area contributed by atoms with Crippen LogP contribution in [0.2, 0.25) is 0 Å². The van der Waals surface area contributed by atoms with Crippen molar-refractivity contribution in [2.24, 2.45) is 4.99 Å². The molecule has 0 heterocycles. The molecule has 0 amide bonds. The van der Waals surface area contributed by atoms with Crippen molar-refractivity contribution in [1.29, 1.82) is 0 Å². The van der Waals surface area contributed by atoms with E-state index < -0.39 is 5.97 Å². The summed E-state index contributed by atoms with van der Waals surface area (Å²) in [7, 11) is 0. The lowest BCUT2D eigenvalue weighted by atomic mass is 10.1. The second kappa shape index (κ2) is 12.0. The van der Waals surface area contributed by atoms with E-state index in [1.807, 2.05) is 6.21 Å². The molecule has 0 aliphatic rings. The molecule has 0 saturated carbocycles. The molecule has 0 rings (SSSR count). The SMILES string of the molecule is C=CCN=CCCCCCCCCC(=O)O. The Kier molecular flexibility index (Phi) is 11.1. The molecule has 16 heavy (non-hydrogen) atoms.